The number of hydrogen-bond acceptors (Lipinski definition) is 3. The molecular weight excluding hydrogens is 242 g/mol. The zero-order valence-corrected chi connectivity index (χ0v) is 13.0. The molecule has 0 aromatic rings. The average molecular weight is 269 g/mol. The molecule has 0 N–H and O–H groups in total. The molecule has 0 aliphatic carbocycles. The van der Waals surface area contributed by atoms with Crippen molar-refractivity contribution in [2.24, 2.45) is 17.3 Å². The Morgan fingerprint density at radius 2 is 1.84 bits per heavy atom. The molecule has 0 aromatic heterocycles. The van der Waals surface area contributed by atoms with E-state index >= 15 is 0 Å². The minimum Gasteiger partial charge on any atom is -0.444 e. The Balaban J connectivity index is 2.64. The van der Waals surface area contributed by atoms with Gasteiger partial charge in [-0.2, -0.15) is 0 Å². The Hall–Kier alpha value is -1.06. The van der Waals surface area contributed by atoms with Crippen LogP contribution in [0.1, 0.15) is 48.0 Å². The van der Waals surface area contributed by atoms with Gasteiger partial charge in [0.15, 0.2) is 0 Å². The van der Waals surface area contributed by atoms with Gasteiger partial charge in [-0.05, 0) is 39.0 Å². The second-order valence-corrected chi connectivity index (χ2v) is 7.24. The number of ether oxygens (including phenoxy) is 1. The highest BCUT2D eigenvalue weighted by atomic mass is 16.6. The third-order valence-corrected chi connectivity index (χ3v) is 3.82. The molecule has 4 heteroatoms. The summed E-state index contributed by atoms with van der Waals surface area (Å²) >= 11 is 0. The van der Waals surface area contributed by atoms with Crippen LogP contribution in [0.15, 0.2) is 0 Å². The average Bonchev–Trinajstić information content (AvgIpc) is 2.26. The van der Waals surface area contributed by atoms with Gasteiger partial charge in [-0.15, -0.1) is 0 Å². The van der Waals surface area contributed by atoms with Crippen LogP contribution in [-0.4, -0.2) is 36.0 Å². The monoisotopic (exact) mass is 269 g/mol. The van der Waals surface area contributed by atoms with Crippen LogP contribution in [-0.2, 0) is 9.53 Å². The van der Waals surface area contributed by atoms with E-state index in [0.29, 0.717) is 24.9 Å². The summed E-state index contributed by atoms with van der Waals surface area (Å²) in [6.07, 6.45) is 1.64. The number of rotatable bonds is 2. The highest BCUT2D eigenvalue weighted by molar-refractivity contribution is 5.68. The van der Waals surface area contributed by atoms with Crippen molar-refractivity contribution in [3.05, 3.63) is 0 Å². The third kappa shape index (κ3) is 4.22. The largest absolute Gasteiger partial charge is 0.444 e. The van der Waals surface area contributed by atoms with Gasteiger partial charge >= 0.3 is 6.09 Å². The lowest BCUT2D eigenvalue weighted by Gasteiger charge is -2.42. The van der Waals surface area contributed by atoms with Gasteiger partial charge in [0.05, 0.1) is 0 Å². The topological polar surface area (TPSA) is 46.6 Å². The van der Waals surface area contributed by atoms with E-state index in [1.165, 1.54) is 0 Å². The molecule has 2 atom stereocenters. The number of nitrogens with zero attached hydrogens (tertiary/aromatic N) is 1. The molecule has 1 aliphatic heterocycles. The third-order valence-electron chi connectivity index (χ3n) is 3.82. The Bertz CT molecular complexity index is 344. The molecule has 0 aromatic carbocycles. The van der Waals surface area contributed by atoms with E-state index in [2.05, 4.69) is 6.92 Å². The highest BCUT2D eigenvalue weighted by Crippen LogP contribution is 2.37. The fourth-order valence-corrected chi connectivity index (χ4v) is 2.83. The van der Waals surface area contributed by atoms with Crippen LogP contribution in [0.2, 0.25) is 0 Å². The molecule has 0 saturated carbocycles. The molecule has 1 heterocycles. The Labute approximate surface area is 116 Å². The maximum Gasteiger partial charge on any atom is 0.410 e. The standard InChI is InChI=1S/C15H27NO3/c1-11-9-16(13(18)19-14(2,3)4)8-7-12(11)15(5,6)10-17/h10-12H,7-9H2,1-6H3. The first-order valence-corrected chi connectivity index (χ1v) is 7.01. The van der Waals surface area contributed by atoms with Crippen molar-refractivity contribution in [1.82, 2.24) is 4.90 Å². The van der Waals surface area contributed by atoms with Crippen LogP contribution in [0, 0.1) is 17.3 Å². The lowest BCUT2D eigenvalue weighted by molar-refractivity contribution is -0.119. The molecule has 19 heavy (non-hydrogen) atoms. The molecule has 1 rings (SSSR count). The normalized spacial score (nSPS) is 25.1. The van der Waals surface area contributed by atoms with Gasteiger partial charge in [-0.3, -0.25) is 0 Å². The fourth-order valence-electron chi connectivity index (χ4n) is 2.83. The van der Waals surface area contributed by atoms with Crippen molar-refractivity contribution in [3.63, 3.8) is 0 Å². The molecule has 1 fully saturated rings. The minimum atomic E-state index is -0.459. The summed E-state index contributed by atoms with van der Waals surface area (Å²) in [7, 11) is 0. The van der Waals surface area contributed by atoms with Crippen LogP contribution in [0.5, 0.6) is 0 Å². The number of likely N-dealkylation sites (tertiary alicyclic amines) is 1. The lowest BCUT2D eigenvalue weighted by Crippen LogP contribution is -2.48. The maximum absolute atomic E-state index is 12.0. The number of piperidine rings is 1. The Morgan fingerprint density at radius 3 is 2.26 bits per heavy atom. The van der Waals surface area contributed by atoms with Crippen molar-refractivity contribution >= 4 is 12.4 Å². The summed E-state index contributed by atoms with van der Waals surface area (Å²) in [5.74, 6) is 0.630. The predicted molar refractivity (Wildman–Crippen MR) is 74.9 cm³/mol. The predicted octanol–water partition coefficient (Wildman–Crippen LogP) is 3.10. The van der Waals surface area contributed by atoms with Crippen LogP contribution < -0.4 is 0 Å². The van der Waals surface area contributed by atoms with Gasteiger partial charge in [0.25, 0.3) is 0 Å². The SMILES string of the molecule is CC1CN(C(=O)OC(C)(C)C)CCC1C(C)(C)C=O. The van der Waals surface area contributed by atoms with Crippen LogP contribution in [0.4, 0.5) is 4.79 Å². The maximum atomic E-state index is 12.0. The van der Waals surface area contributed by atoms with Gasteiger partial charge in [-0.25, -0.2) is 4.79 Å². The number of carbonyl (C=O) groups excluding carboxylic acids is 2. The summed E-state index contributed by atoms with van der Waals surface area (Å²) in [4.78, 5) is 24.9. The van der Waals surface area contributed by atoms with Crippen LogP contribution in [0.25, 0.3) is 0 Å². The van der Waals surface area contributed by atoms with Gasteiger partial charge in [-0.1, -0.05) is 20.8 Å². The van der Waals surface area contributed by atoms with E-state index in [1.807, 2.05) is 34.6 Å². The van der Waals surface area contributed by atoms with Crippen molar-refractivity contribution in [3.8, 4) is 0 Å². The number of amides is 1. The number of aldehydes is 1. The Morgan fingerprint density at radius 1 is 1.26 bits per heavy atom. The fraction of sp³-hybridized carbons (Fsp3) is 0.867. The van der Waals surface area contributed by atoms with E-state index in [4.69, 9.17) is 4.74 Å². The molecule has 1 aliphatic rings. The van der Waals surface area contributed by atoms with Crippen molar-refractivity contribution in [2.45, 2.75) is 53.6 Å². The first kappa shape index (κ1) is 16.0. The summed E-state index contributed by atoms with van der Waals surface area (Å²) in [5.41, 5.74) is -0.779. The first-order valence-electron chi connectivity index (χ1n) is 7.01. The zero-order valence-electron chi connectivity index (χ0n) is 13.0. The zero-order chi connectivity index (χ0) is 14.8. The second kappa shape index (κ2) is 5.51. The first-order chi connectivity index (χ1) is 8.57. The molecule has 1 amide bonds. The molecule has 1 saturated heterocycles. The Kier molecular flexibility index (Phi) is 4.64. The second-order valence-electron chi connectivity index (χ2n) is 7.24. The molecule has 4 nitrogen and oxygen atoms in total. The van der Waals surface area contributed by atoms with E-state index in [0.717, 1.165) is 12.7 Å². The van der Waals surface area contributed by atoms with Gasteiger partial charge in [0, 0.05) is 18.5 Å². The molecule has 0 spiro atoms. The van der Waals surface area contributed by atoms with Crippen molar-refractivity contribution in [1.29, 1.82) is 0 Å². The summed E-state index contributed by atoms with van der Waals surface area (Å²) in [6, 6.07) is 0. The summed E-state index contributed by atoms with van der Waals surface area (Å²) in [5, 5.41) is 0. The molecule has 0 radical (unpaired) electrons. The minimum absolute atomic E-state index is 0.248. The van der Waals surface area contributed by atoms with E-state index in [-0.39, 0.29) is 11.5 Å². The molecule has 2 unspecified atom stereocenters. The molecule has 110 valence electrons. The van der Waals surface area contributed by atoms with Crippen LogP contribution in [0.3, 0.4) is 0 Å². The lowest BCUT2D eigenvalue weighted by atomic mass is 9.70. The van der Waals surface area contributed by atoms with E-state index in [9.17, 15) is 9.59 Å². The molecule has 0 bridgehead atoms. The van der Waals surface area contributed by atoms with Crippen molar-refractivity contribution in [2.75, 3.05) is 13.1 Å². The van der Waals surface area contributed by atoms with E-state index in [1.54, 1.807) is 4.90 Å². The van der Waals surface area contributed by atoms with Crippen LogP contribution >= 0.6 is 0 Å². The number of carbonyl (C=O) groups is 2. The number of hydrogen-bond donors (Lipinski definition) is 0. The smallest absolute Gasteiger partial charge is 0.410 e. The summed E-state index contributed by atoms with van der Waals surface area (Å²) < 4.78 is 5.39. The van der Waals surface area contributed by atoms with Crippen molar-refractivity contribution < 1.29 is 14.3 Å². The van der Waals surface area contributed by atoms with Gasteiger partial charge in [0.1, 0.15) is 11.9 Å². The van der Waals surface area contributed by atoms with Gasteiger partial charge < -0.3 is 14.4 Å². The van der Waals surface area contributed by atoms with E-state index < -0.39 is 5.60 Å². The van der Waals surface area contributed by atoms with Gasteiger partial charge in [0.2, 0.25) is 0 Å². The molecular formula is C15H27NO3. The quantitative estimate of drug-likeness (QED) is 0.724. The highest BCUT2D eigenvalue weighted by Gasteiger charge is 2.39. The summed E-state index contributed by atoms with van der Waals surface area (Å²) in [6.45, 7) is 13.0.